The maximum atomic E-state index is 13.5. The molecule has 1 fully saturated rings. The molecule has 2 aromatic rings. The average Bonchev–Trinajstić information content (AvgIpc) is 2.73. The third-order valence-electron chi connectivity index (χ3n) is 5.18. The molecular formula is C20H25ClN2O4S. The molecule has 0 aliphatic carbocycles. The molecule has 1 N–H and O–H groups in total. The highest BCUT2D eigenvalue weighted by molar-refractivity contribution is 7.89. The molecule has 152 valence electrons. The summed E-state index contributed by atoms with van der Waals surface area (Å²) in [6.07, 6.45) is 1.75. The van der Waals surface area contributed by atoms with E-state index in [0.29, 0.717) is 36.9 Å². The molecule has 1 atom stereocenters. The Bertz CT molecular complexity index is 936. The van der Waals surface area contributed by atoms with Gasteiger partial charge in [-0.3, -0.25) is 0 Å². The van der Waals surface area contributed by atoms with Crippen LogP contribution in [0.1, 0.15) is 23.6 Å². The number of hydrogen-bond donors (Lipinski definition) is 1. The topological polar surface area (TPSA) is 67.9 Å². The fraction of sp³-hybridized carbons (Fsp3) is 0.400. The van der Waals surface area contributed by atoms with Gasteiger partial charge in [0.05, 0.1) is 24.7 Å². The van der Waals surface area contributed by atoms with Gasteiger partial charge in [-0.25, -0.2) is 8.42 Å². The van der Waals surface area contributed by atoms with Crippen molar-refractivity contribution in [3.8, 4) is 11.5 Å². The van der Waals surface area contributed by atoms with Gasteiger partial charge in [0.25, 0.3) is 0 Å². The highest BCUT2D eigenvalue weighted by Crippen LogP contribution is 2.35. The Morgan fingerprint density at radius 3 is 2.86 bits per heavy atom. The largest absolute Gasteiger partial charge is 0.496 e. The predicted octanol–water partition coefficient (Wildman–Crippen LogP) is 2.78. The van der Waals surface area contributed by atoms with Crippen LogP contribution in [0.15, 0.2) is 47.4 Å². The standard InChI is InChI=1S/C20H24N2O4S.ClH/c1-25-20-7-3-2-6-17(20)18-14-21-10-11-22(18)27(23,24)16-8-9-19-15(13-16)5-4-12-26-19;/h2-3,6-9,13,18,21H,4-5,10-12,14H2,1H3;1H. The minimum atomic E-state index is -3.64. The molecule has 28 heavy (non-hydrogen) atoms. The van der Waals surface area contributed by atoms with E-state index in [1.807, 2.05) is 24.3 Å². The van der Waals surface area contributed by atoms with Crippen molar-refractivity contribution < 1.29 is 17.9 Å². The second-order valence-electron chi connectivity index (χ2n) is 6.80. The Kier molecular flexibility index (Phi) is 6.50. The Labute approximate surface area is 172 Å². The lowest BCUT2D eigenvalue weighted by molar-refractivity contribution is 0.264. The minimum absolute atomic E-state index is 0. The second kappa shape index (κ2) is 8.69. The summed E-state index contributed by atoms with van der Waals surface area (Å²) in [5, 5.41) is 3.31. The molecule has 2 aliphatic rings. The molecule has 2 aliphatic heterocycles. The fourth-order valence-electron chi connectivity index (χ4n) is 3.81. The lowest BCUT2D eigenvalue weighted by Gasteiger charge is -2.36. The Hall–Kier alpha value is -1.80. The fourth-order valence-corrected chi connectivity index (χ4v) is 5.47. The van der Waals surface area contributed by atoms with Gasteiger partial charge in [0.15, 0.2) is 0 Å². The highest BCUT2D eigenvalue weighted by Gasteiger charge is 2.36. The molecule has 2 heterocycles. The summed E-state index contributed by atoms with van der Waals surface area (Å²) in [5.74, 6) is 1.49. The van der Waals surface area contributed by atoms with Crippen LogP contribution < -0.4 is 14.8 Å². The first-order chi connectivity index (χ1) is 13.1. The van der Waals surface area contributed by atoms with Crippen LogP contribution in [0.2, 0.25) is 0 Å². The molecule has 1 saturated heterocycles. The molecule has 0 spiro atoms. The van der Waals surface area contributed by atoms with Gasteiger partial charge >= 0.3 is 0 Å². The number of nitrogens with one attached hydrogen (secondary N) is 1. The molecule has 0 saturated carbocycles. The van der Waals surface area contributed by atoms with Crippen molar-refractivity contribution >= 4 is 22.4 Å². The van der Waals surface area contributed by atoms with E-state index in [9.17, 15) is 8.42 Å². The zero-order valence-corrected chi connectivity index (χ0v) is 17.4. The van der Waals surface area contributed by atoms with Crippen LogP contribution in [-0.4, -0.2) is 46.1 Å². The number of fused-ring (bicyclic) bond motifs is 1. The summed E-state index contributed by atoms with van der Waals surface area (Å²) in [7, 11) is -2.03. The van der Waals surface area contributed by atoms with Gasteiger partial charge in [0.2, 0.25) is 10.0 Å². The Balaban J connectivity index is 0.00000225. The van der Waals surface area contributed by atoms with E-state index in [-0.39, 0.29) is 18.4 Å². The number of ether oxygens (including phenoxy) is 2. The van der Waals surface area contributed by atoms with E-state index >= 15 is 0 Å². The summed E-state index contributed by atoms with van der Waals surface area (Å²) in [4.78, 5) is 0.327. The van der Waals surface area contributed by atoms with Gasteiger partial charge in [0.1, 0.15) is 11.5 Å². The first-order valence-corrected chi connectivity index (χ1v) is 10.7. The van der Waals surface area contributed by atoms with Crippen molar-refractivity contribution in [2.75, 3.05) is 33.4 Å². The van der Waals surface area contributed by atoms with Crippen molar-refractivity contribution in [2.24, 2.45) is 0 Å². The first-order valence-electron chi connectivity index (χ1n) is 9.22. The molecule has 4 rings (SSSR count). The van der Waals surface area contributed by atoms with Crippen molar-refractivity contribution in [3.63, 3.8) is 0 Å². The van der Waals surface area contributed by atoms with Gasteiger partial charge in [-0.15, -0.1) is 12.4 Å². The van der Waals surface area contributed by atoms with E-state index in [0.717, 1.165) is 29.7 Å². The average molecular weight is 425 g/mol. The molecule has 0 bridgehead atoms. The van der Waals surface area contributed by atoms with Gasteiger partial charge in [-0.05, 0) is 42.7 Å². The summed E-state index contributed by atoms with van der Waals surface area (Å²) in [6, 6.07) is 12.5. The van der Waals surface area contributed by atoms with Gasteiger partial charge in [0, 0.05) is 25.2 Å². The second-order valence-corrected chi connectivity index (χ2v) is 8.69. The highest BCUT2D eigenvalue weighted by atomic mass is 35.5. The normalized spacial score (nSPS) is 19.8. The molecule has 6 nitrogen and oxygen atoms in total. The van der Waals surface area contributed by atoms with Crippen molar-refractivity contribution in [1.29, 1.82) is 0 Å². The smallest absolute Gasteiger partial charge is 0.243 e. The quantitative estimate of drug-likeness (QED) is 0.817. The summed E-state index contributed by atoms with van der Waals surface area (Å²) in [6.45, 7) is 2.28. The van der Waals surface area contributed by atoms with Gasteiger partial charge < -0.3 is 14.8 Å². The number of piperazine rings is 1. The zero-order chi connectivity index (χ0) is 18.9. The van der Waals surface area contributed by atoms with Crippen molar-refractivity contribution in [2.45, 2.75) is 23.8 Å². The number of hydrogen-bond acceptors (Lipinski definition) is 5. The third kappa shape index (κ3) is 3.85. The van der Waals surface area contributed by atoms with E-state index in [1.165, 1.54) is 0 Å². The maximum Gasteiger partial charge on any atom is 0.243 e. The minimum Gasteiger partial charge on any atom is -0.496 e. The number of halogens is 1. The molecule has 1 unspecified atom stereocenters. The number of nitrogens with zero attached hydrogens (tertiary/aromatic N) is 1. The maximum absolute atomic E-state index is 13.5. The zero-order valence-electron chi connectivity index (χ0n) is 15.8. The van der Waals surface area contributed by atoms with Crippen LogP contribution in [-0.2, 0) is 16.4 Å². The molecular weight excluding hydrogens is 400 g/mol. The monoisotopic (exact) mass is 424 g/mol. The van der Waals surface area contributed by atoms with Crippen LogP contribution in [0.5, 0.6) is 11.5 Å². The van der Waals surface area contributed by atoms with Gasteiger partial charge in [-0.2, -0.15) is 4.31 Å². The molecule has 0 radical (unpaired) electrons. The number of para-hydroxylation sites is 1. The number of benzene rings is 2. The Morgan fingerprint density at radius 1 is 1.21 bits per heavy atom. The van der Waals surface area contributed by atoms with Crippen LogP contribution in [0.4, 0.5) is 0 Å². The summed E-state index contributed by atoms with van der Waals surface area (Å²) >= 11 is 0. The van der Waals surface area contributed by atoms with E-state index < -0.39 is 10.0 Å². The lowest BCUT2D eigenvalue weighted by atomic mass is 10.0. The van der Waals surface area contributed by atoms with Crippen LogP contribution in [0.25, 0.3) is 0 Å². The molecule has 0 amide bonds. The number of methoxy groups -OCH3 is 1. The predicted molar refractivity (Wildman–Crippen MR) is 110 cm³/mol. The number of aryl methyl sites for hydroxylation is 1. The van der Waals surface area contributed by atoms with Crippen LogP contribution >= 0.6 is 12.4 Å². The Morgan fingerprint density at radius 2 is 2.04 bits per heavy atom. The lowest BCUT2D eigenvalue weighted by Crippen LogP contribution is -2.48. The number of rotatable bonds is 4. The molecule has 2 aromatic carbocycles. The summed E-state index contributed by atoms with van der Waals surface area (Å²) in [5.41, 5.74) is 1.84. The van der Waals surface area contributed by atoms with E-state index in [4.69, 9.17) is 9.47 Å². The van der Waals surface area contributed by atoms with Crippen LogP contribution in [0, 0.1) is 0 Å². The van der Waals surface area contributed by atoms with Gasteiger partial charge in [-0.1, -0.05) is 18.2 Å². The third-order valence-corrected chi connectivity index (χ3v) is 7.08. The first kappa shape index (κ1) is 20.9. The van der Waals surface area contributed by atoms with Crippen molar-refractivity contribution in [1.82, 2.24) is 9.62 Å². The molecule has 8 heteroatoms. The molecule has 0 aromatic heterocycles. The number of sulfonamides is 1. The summed E-state index contributed by atoms with van der Waals surface area (Å²) < 4.78 is 39.6. The van der Waals surface area contributed by atoms with Crippen molar-refractivity contribution in [3.05, 3.63) is 53.6 Å². The van der Waals surface area contributed by atoms with E-state index in [2.05, 4.69) is 5.32 Å². The van der Waals surface area contributed by atoms with Crippen LogP contribution in [0.3, 0.4) is 0 Å². The van der Waals surface area contributed by atoms with E-state index in [1.54, 1.807) is 29.6 Å². The SMILES string of the molecule is COc1ccccc1C1CNCCN1S(=O)(=O)c1ccc2c(c1)CCCO2.Cl.